The zero-order valence-corrected chi connectivity index (χ0v) is 9.67. The number of rotatable bonds is 4. The van der Waals surface area contributed by atoms with Crippen LogP contribution in [-0.2, 0) is 11.2 Å². The summed E-state index contributed by atoms with van der Waals surface area (Å²) in [5, 5.41) is 9.68. The van der Waals surface area contributed by atoms with Gasteiger partial charge in [0.15, 0.2) is 11.5 Å². The summed E-state index contributed by atoms with van der Waals surface area (Å²) in [6, 6.07) is 1.09. The van der Waals surface area contributed by atoms with Crippen LogP contribution in [0.3, 0.4) is 0 Å². The highest BCUT2D eigenvalue weighted by atomic mass is 79.9. The molecular weight excluding hydrogens is 267 g/mol. The van der Waals surface area contributed by atoms with E-state index in [0.29, 0.717) is 11.8 Å². The molecule has 0 fully saturated rings. The minimum absolute atomic E-state index is 0.0663. The lowest BCUT2D eigenvalue weighted by Gasteiger charge is -2.10. The Hall–Kier alpha value is -1.10. The molecule has 0 aliphatic heterocycles. The van der Waals surface area contributed by atoms with Crippen molar-refractivity contribution in [2.75, 3.05) is 7.11 Å². The van der Waals surface area contributed by atoms with Crippen molar-refractivity contribution < 1.29 is 19.0 Å². The van der Waals surface area contributed by atoms with Crippen molar-refractivity contribution in [2.45, 2.75) is 12.8 Å². The first-order chi connectivity index (χ1) is 7.11. The fourth-order valence-electron chi connectivity index (χ4n) is 1.23. The van der Waals surface area contributed by atoms with Crippen molar-refractivity contribution in [3.05, 3.63) is 21.9 Å². The average molecular weight is 277 g/mol. The molecule has 1 aromatic carbocycles. The second-order valence-electron chi connectivity index (χ2n) is 2.91. The third-order valence-electron chi connectivity index (χ3n) is 1.98. The highest BCUT2D eigenvalue weighted by Crippen LogP contribution is 2.37. The molecule has 82 valence electrons. The topological polar surface area (TPSA) is 46.5 Å². The average Bonchev–Trinajstić information content (AvgIpc) is 2.23. The van der Waals surface area contributed by atoms with E-state index < -0.39 is 5.82 Å². The number of halogens is 2. The fourth-order valence-corrected chi connectivity index (χ4v) is 1.73. The van der Waals surface area contributed by atoms with Crippen LogP contribution in [0.15, 0.2) is 10.5 Å². The number of carbonyl (C=O) groups excluding carboxylic acids is 1. The molecule has 1 aromatic rings. The van der Waals surface area contributed by atoms with E-state index in [1.165, 1.54) is 7.11 Å². The number of aldehydes is 1. The summed E-state index contributed by atoms with van der Waals surface area (Å²) >= 11 is 3.02. The molecule has 0 aromatic heterocycles. The minimum atomic E-state index is -0.523. The van der Waals surface area contributed by atoms with E-state index in [-0.39, 0.29) is 28.8 Å². The number of methoxy groups -OCH3 is 1. The number of carbonyl (C=O) groups is 1. The lowest BCUT2D eigenvalue weighted by Crippen LogP contribution is -1.95. The van der Waals surface area contributed by atoms with Gasteiger partial charge in [-0.2, -0.15) is 0 Å². The van der Waals surface area contributed by atoms with Gasteiger partial charge in [0.05, 0.1) is 11.6 Å². The molecular formula is C10H10BrFO3. The molecule has 0 aliphatic rings. The van der Waals surface area contributed by atoms with Gasteiger partial charge in [-0.25, -0.2) is 4.39 Å². The summed E-state index contributed by atoms with van der Waals surface area (Å²) in [4.78, 5) is 10.2. The molecule has 0 saturated heterocycles. The smallest absolute Gasteiger partial charge is 0.163 e. The van der Waals surface area contributed by atoms with Crippen LogP contribution in [0.4, 0.5) is 4.39 Å². The normalized spacial score (nSPS) is 10.1. The molecule has 0 unspecified atom stereocenters. The van der Waals surface area contributed by atoms with E-state index >= 15 is 0 Å². The first kappa shape index (κ1) is 12.0. The van der Waals surface area contributed by atoms with Crippen molar-refractivity contribution in [1.29, 1.82) is 0 Å². The van der Waals surface area contributed by atoms with E-state index in [1.807, 2.05) is 0 Å². The third-order valence-corrected chi connectivity index (χ3v) is 2.84. The van der Waals surface area contributed by atoms with Crippen LogP contribution < -0.4 is 4.74 Å². The van der Waals surface area contributed by atoms with Crippen molar-refractivity contribution in [3.63, 3.8) is 0 Å². The minimum Gasteiger partial charge on any atom is -0.504 e. The molecule has 0 atom stereocenters. The predicted octanol–water partition coefficient (Wildman–Crippen LogP) is 2.43. The van der Waals surface area contributed by atoms with Crippen LogP contribution in [0, 0.1) is 5.82 Å². The Morgan fingerprint density at radius 1 is 1.67 bits per heavy atom. The number of phenols is 1. The van der Waals surface area contributed by atoms with Crippen LogP contribution in [0.25, 0.3) is 0 Å². The summed E-state index contributed by atoms with van der Waals surface area (Å²) < 4.78 is 18.3. The molecule has 0 bridgehead atoms. The van der Waals surface area contributed by atoms with Crippen LogP contribution in [0.1, 0.15) is 12.0 Å². The standard InChI is InChI=1S/C10H10BrFO3/c1-15-8-5-7(12)9(11)6(10(8)14)3-2-4-13/h4-5,14H,2-3H2,1H3. The van der Waals surface area contributed by atoms with Gasteiger partial charge in [0, 0.05) is 18.1 Å². The highest BCUT2D eigenvalue weighted by molar-refractivity contribution is 9.10. The quantitative estimate of drug-likeness (QED) is 0.860. The molecule has 0 aliphatic carbocycles. The van der Waals surface area contributed by atoms with Gasteiger partial charge in [0.1, 0.15) is 12.1 Å². The molecule has 5 heteroatoms. The Balaban J connectivity index is 3.20. The van der Waals surface area contributed by atoms with Gasteiger partial charge >= 0.3 is 0 Å². The van der Waals surface area contributed by atoms with Crippen LogP contribution in [-0.4, -0.2) is 18.5 Å². The molecule has 0 saturated carbocycles. The van der Waals surface area contributed by atoms with Gasteiger partial charge in [0.25, 0.3) is 0 Å². The Labute approximate surface area is 95.0 Å². The van der Waals surface area contributed by atoms with Gasteiger partial charge < -0.3 is 14.6 Å². The van der Waals surface area contributed by atoms with Crippen LogP contribution in [0.5, 0.6) is 11.5 Å². The maximum Gasteiger partial charge on any atom is 0.163 e. The Morgan fingerprint density at radius 3 is 2.87 bits per heavy atom. The number of benzene rings is 1. The molecule has 0 heterocycles. The number of phenolic OH excluding ortho intramolecular Hbond substituents is 1. The van der Waals surface area contributed by atoms with Crippen molar-refractivity contribution in [1.82, 2.24) is 0 Å². The van der Waals surface area contributed by atoms with Crippen molar-refractivity contribution >= 4 is 22.2 Å². The summed E-state index contributed by atoms with van der Waals surface area (Å²) in [5.41, 5.74) is 0.346. The number of hydrogen-bond acceptors (Lipinski definition) is 3. The van der Waals surface area contributed by atoms with E-state index in [2.05, 4.69) is 15.9 Å². The maximum absolute atomic E-state index is 13.3. The highest BCUT2D eigenvalue weighted by Gasteiger charge is 2.16. The molecule has 0 amide bonds. The van der Waals surface area contributed by atoms with Gasteiger partial charge in [-0.15, -0.1) is 0 Å². The summed E-state index contributed by atoms with van der Waals surface area (Å²) in [6.45, 7) is 0. The van der Waals surface area contributed by atoms with Gasteiger partial charge in [-0.1, -0.05) is 0 Å². The molecule has 0 radical (unpaired) electrons. The maximum atomic E-state index is 13.3. The van der Waals surface area contributed by atoms with E-state index in [0.717, 1.165) is 6.07 Å². The fraction of sp³-hybridized carbons (Fsp3) is 0.300. The number of aromatic hydroxyl groups is 1. The first-order valence-corrected chi connectivity index (χ1v) is 5.08. The van der Waals surface area contributed by atoms with E-state index in [9.17, 15) is 14.3 Å². The second-order valence-corrected chi connectivity index (χ2v) is 3.70. The largest absolute Gasteiger partial charge is 0.504 e. The lowest BCUT2D eigenvalue weighted by molar-refractivity contribution is -0.107. The van der Waals surface area contributed by atoms with E-state index in [1.54, 1.807) is 0 Å². The number of ether oxygens (including phenoxy) is 1. The van der Waals surface area contributed by atoms with Gasteiger partial charge in [-0.05, 0) is 22.4 Å². The lowest BCUT2D eigenvalue weighted by atomic mass is 10.1. The Bertz CT molecular complexity index is 379. The SMILES string of the molecule is COc1cc(F)c(Br)c(CCC=O)c1O. The Kier molecular flexibility index (Phi) is 4.08. The summed E-state index contributed by atoms with van der Waals surface area (Å²) in [5.74, 6) is -0.588. The first-order valence-electron chi connectivity index (χ1n) is 4.29. The molecule has 15 heavy (non-hydrogen) atoms. The monoisotopic (exact) mass is 276 g/mol. The summed E-state index contributed by atoms with van der Waals surface area (Å²) in [7, 11) is 1.34. The Morgan fingerprint density at radius 2 is 2.33 bits per heavy atom. The van der Waals surface area contributed by atoms with Crippen molar-refractivity contribution in [3.8, 4) is 11.5 Å². The zero-order valence-electron chi connectivity index (χ0n) is 8.09. The van der Waals surface area contributed by atoms with E-state index in [4.69, 9.17) is 4.74 Å². The predicted molar refractivity (Wildman–Crippen MR) is 56.7 cm³/mol. The molecule has 1 N–H and O–H groups in total. The van der Waals surface area contributed by atoms with Crippen LogP contribution >= 0.6 is 15.9 Å². The third kappa shape index (κ3) is 2.47. The van der Waals surface area contributed by atoms with Gasteiger partial charge in [0.2, 0.25) is 0 Å². The van der Waals surface area contributed by atoms with Gasteiger partial charge in [-0.3, -0.25) is 0 Å². The molecule has 3 nitrogen and oxygen atoms in total. The zero-order chi connectivity index (χ0) is 11.4. The molecule has 1 rings (SSSR count). The van der Waals surface area contributed by atoms with Crippen LogP contribution in [0.2, 0.25) is 0 Å². The molecule has 0 spiro atoms. The second kappa shape index (κ2) is 5.11. The summed E-state index contributed by atoms with van der Waals surface area (Å²) in [6.07, 6.45) is 1.20. The van der Waals surface area contributed by atoms with Crippen molar-refractivity contribution in [2.24, 2.45) is 0 Å². The number of hydrogen-bond donors (Lipinski definition) is 1.